The van der Waals surface area contributed by atoms with Crippen molar-refractivity contribution >= 4 is 12.0 Å². The van der Waals surface area contributed by atoms with Crippen LogP contribution in [0.15, 0.2) is 48.8 Å². The Morgan fingerprint density at radius 1 is 1.30 bits per heavy atom. The minimum atomic E-state index is 0.104. The van der Waals surface area contributed by atoms with Crippen LogP contribution < -0.4 is 0 Å². The first-order valence-corrected chi connectivity index (χ1v) is 8.36. The lowest BCUT2D eigenvalue weighted by atomic mass is 10.2. The Balaban J connectivity index is 1.67. The summed E-state index contributed by atoms with van der Waals surface area (Å²) in [5.74, 6) is 0.104. The SMILES string of the molecule is CCN(C(=O)/C=C/c1cnn(-c2ccccc2)c1)C1CCCC1. The van der Waals surface area contributed by atoms with E-state index in [9.17, 15) is 4.79 Å². The van der Waals surface area contributed by atoms with Gasteiger partial charge in [-0.1, -0.05) is 31.0 Å². The van der Waals surface area contributed by atoms with Crippen molar-refractivity contribution in [2.45, 2.75) is 38.6 Å². The third kappa shape index (κ3) is 3.70. The zero-order chi connectivity index (χ0) is 16.1. The molecule has 4 heteroatoms. The van der Waals surface area contributed by atoms with Crippen molar-refractivity contribution in [1.29, 1.82) is 0 Å². The number of nitrogens with zero attached hydrogens (tertiary/aromatic N) is 3. The number of carbonyl (C=O) groups excluding carboxylic acids is 1. The van der Waals surface area contributed by atoms with Crippen LogP contribution in [0, 0.1) is 0 Å². The number of hydrogen-bond acceptors (Lipinski definition) is 2. The van der Waals surface area contributed by atoms with Crippen LogP contribution in [0.5, 0.6) is 0 Å². The molecule has 0 aliphatic heterocycles. The summed E-state index contributed by atoms with van der Waals surface area (Å²) < 4.78 is 1.82. The second kappa shape index (κ2) is 7.27. The molecule has 3 rings (SSSR count). The van der Waals surface area contributed by atoms with Crippen molar-refractivity contribution in [2.24, 2.45) is 0 Å². The molecule has 0 unspecified atom stereocenters. The molecule has 1 heterocycles. The van der Waals surface area contributed by atoms with Gasteiger partial charge >= 0.3 is 0 Å². The highest BCUT2D eigenvalue weighted by atomic mass is 16.2. The molecular weight excluding hydrogens is 286 g/mol. The van der Waals surface area contributed by atoms with E-state index in [0.29, 0.717) is 6.04 Å². The maximum Gasteiger partial charge on any atom is 0.246 e. The van der Waals surface area contributed by atoms with Crippen LogP contribution in [0.2, 0.25) is 0 Å². The maximum absolute atomic E-state index is 12.4. The van der Waals surface area contributed by atoms with Gasteiger partial charge in [0.05, 0.1) is 11.9 Å². The van der Waals surface area contributed by atoms with Crippen molar-refractivity contribution in [3.05, 3.63) is 54.4 Å². The highest BCUT2D eigenvalue weighted by Crippen LogP contribution is 2.23. The van der Waals surface area contributed by atoms with Crippen LogP contribution in [-0.2, 0) is 4.79 Å². The maximum atomic E-state index is 12.4. The van der Waals surface area contributed by atoms with Gasteiger partial charge in [0.1, 0.15) is 0 Å². The van der Waals surface area contributed by atoms with E-state index in [2.05, 4.69) is 12.0 Å². The van der Waals surface area contributed by atoms with Crippen LogP contribution >= 0.6 is 0 Å². The van der Waals surface area contributed by atoms with E-state index in [1.54, 1.807) is 12.3 Å². The number of benzene rings is 1. The Morgan fingerprint density at radius 2 is 2.04 bits per heavy atom. The Kier molecular flexibility index (Phi) is 4.91. The second-order valence-corrected chi connectivity index (χ2v) is 5.95. The van der Waals surface area contributed by atoms with Crippen molar-refractivity contribution in [1.82, 2.24) is 14.7 Å². The first kappa shape index (κ1) is 15.5. The highest BCUT2D eigenvalue weighted by Gasteiger charge is 2.23. The van der Waals surface area contributed by atoms with E-state index >= 15 is 0 Å². The lowest BCUT2D eigenvalue weighted by Crippen LogP contribution is -2.37. The average molecular weight is 309 g/mol. The van der Waals surface area contributed by atoms with Gasteiger partial charge in [-0.25, -0.2) is 4.68 Å². The Morgan fingerprint density at radius 3 is 2.74 bits per heavy atom. The molecule has 120 valence electrons. The molecule has 23 heavy (non-hydrogen) atoms. The molecular formula is C19H23N3O. The topological polar surface area (TPSA) is 38.1 Å². The molecule has 1 aromatic carbocycles. The lowest BCUT2D eigenvalue weighted by Gasteiger charge is -2.26. The first-order chi connectivity index (χ1) is 11.3. The number of rotatable bonds is 5. The number of amides is 1. The van der Waals surface area contributed by atoms with Crippen molar-refractivity contribution in [3.63, 3.8) is 0 Å². The molecule has 4 nitrogen and oxygen atoms in total. The molecule has 0 spiro atoms. The highest BCUT2D eigenvalue weighted by molar-refractivity contribution is 5.91. The van der Waals surface area contributed by atoms with Crippen LogP contribution in [0.25, 0.3) is 11.8 Å². The molecule has 0 bridgehead atoms. The fourth-order valence-corrected chi connectivity index (χ4v) is 3.22. The largest absolute Gasteiger partial charge is 0.336 e. The molecule has 1 aliphatic carbocycles. The molecule has 1 aliphatic rings. The number of aromatic nitrogens is 2. The molecule has 1 aromatic heterocycles. The third-order valence-electron chi connectivity index (χ3n) is 4.43. The number of para-hydroxylation sites is 1. The summed E-state index contributed by atoms with van der Waals surface area (Å²) >= 11 is 0. The number of carbonyl (C=O) groups is 1. The van der Waals surface area contributed by atoms with Gasteiger partial charge in [-0.2, -0.15) is 5.10 Å². The number of likely N-dealkylation sites (N-methyl/N-ethyl adjacent to an activating group) is 1. The van der Waals surface area contributed by atoms with E-state index in [1.165, 1.54) is 12.8 Å². The van der Waals surface area contributed by atoms with E-state index < -0.39 is 0 Å². The molecule has 0 radical (unpaired) electrons. The quantitative estimate of drug-likeness (QED) is 0.790. The Bertz CT molecular complexity index is 669. The fraction of sp³-hybridized carbons (Fsp3) is 0.368. The van der Waals surface area contributed by atoms with Crippen molar-refractivity contribution < 1.29 is 4.79 Å². The smallest absolute Gasteiger partial charge is 0.246 e. The van der Waals surface area contributed by atoms with Gasteiger partial charge in [0.25, 0.3) is 0 Å². The van der Waals surface area contributed by atoms with Gasteiger partial charge in [-0.3, -0.25) is 4.79 Å². The minimum absolute atomic E-state index is 0.104. The summed E-state index contributed by atoms with van der Waals surface area (Å²) in [5.41, 5.74) is 1.95. The Hall–Kier alpha value is -2.36. The summed E-state index contributed by atoms with van der Waals surface area (Å²) in [6, 6.07) is 10.4. The lowest BCUT2D eigenvalue weighted by molar-refractivity contribution is -0.127. The van der Waals surface area contributed by atoms with E-state index in [0.717, 1.165) is 30.6 Å². The van der Waals surface area contributed by atoms with E-state index in [-0.39, 0.29) is 5.91 Å². The average Bonchev–Trinajstić information content (AvgIpc) is 3.26. The van der Waals surface area contributed by atoms with Gasteiger partial charge in [0, 0.05) is 30.4 Å². The molecule has 1 fully saturated rings. The standard InChI is InChI=1S/C19H23N3O/c1-2-21(17-8-6-7-9-17)19(23)13-12-16-14-20-22(15-16)18-10-4-3-5-11-18/h3-5,10-15,17H,2,6-9H2,1H3/b13-12+. The van der Waals surface area contributed by atoms with Gasteiger partial charge in [0.2, 0.25) is 5.91 Å². The predicted octanol–water partition coefficient (Wildman–Crippen LogP) is 3.68. The van der Waals surface area contributed by atoms with Crippen molar-refractivity contribution in [3.8, 4) is 5.69 Å². The summed E-state index contributed by atoms with van der Waals surface area (Å²) in [6.45, 7) is 2.83. The van der Waals surface area contributed by atoms with Gasteiger partial charge in [-0.05, 0) is 38.0 Å². The Labute approximate surface area is 137 Å². The summed E-state index contributed by atoms with van der Waals surface area (Å²) in [7, 11) is 0. The van der Waals surface area contributed by atoms with E-state index in [1.807, 2.05) is 52.2 Å². The van der Waals surface area contributed by atoms with Crippen LogP contribution in [0.1, 0.15) is 38.2 Å². The molecule has 0 atom stereocenters. The fourth-order valence-electron chi connectivity index (χ4n) is 3.22. The summed E-state index contributed by atoms with van der Waals surface area (Å²) in [4.78, 5) is 14.4. The zero-order valence-electron chi connectivity index (χ0n) is 13.6. The predicted molar refractivity (Wildman–Crippen MR) is 92.2 cm³/mol. The molecule has 1 saturated carbocycles. The van der Waals surface area contributed by atoms with Gasteiger partial charge in [-0.15, -0.1) is 0 Å². The van der Waals surface area contributed by atoms with Crippen LogP contribution in [0.3, 0.4) is 0 Å². The second-order valence-electron chi connectivity index (χ2n) is 5.95. The first-order valence-electron chi connectivity index (χ1n) is 8.36. The molecule has 2 aromatic rings. The van der Waals surface area contributed by atoms with Crippen LogP contribution in [0.4, 0.5) is 0 Å². The van der Waals surface area contributed by atoms with Crippen molar-refractivity contribution in [2.75, 3.05) is 6.54 Å². The monoisotopic (exact) mass is 309 g/mol. The van der Waals surface area contributed by atoms with Gasteiger partial charge in [0.15, 0.2) is 0 Å². The minimum Gasteiger partial charge on any atom is -0.336 e. The summed E-state index contributed by atoms with van der Waals surface area (Å²) in [5, 5.41) is 4.35. The molecule has 0 saturated heterocycles. The van der Waals surface area contributed by atoms with Crippen LogP contribution in [-0.4, -0.2) is 33.2 Å². The normalized spacial score (nSPS) is 15.3. The number of hydrogen-bond donors (Lipinski definition) is 0. The zero-order valence-corrected chi connectivity index (χ0v) is 13.6. The molecule has 0 N–H and O–H groups in total. The van der Waals surface area contributed by atoms with Gasteiger partial charge < -0.3 is 4.90 Å². The summed E-state index contributed by atoms with van der Waals surface area (Å²) in [6.07, 6.45) is 12.0. The van der Waals surface area contributed by atoms with E-state index in [4.69, 9.17) is 0 Å². The third-order valence-corrected chi connectivity index (χ3v) is 4.43. The molecule has 1 amide bonds.